The predicted molar refractivity (Wildman–Crippen MR) is 90.4 cm³/mol. The highest BCUT2D eigenvalue weighted by atomic mass is 19.1. The number of aryl methyl sites for hydroxylation is 1. The lowest BCUT2D eigenvalue weighted by molar-refractivity contribution is 0.0945. The van der Waals surface area contributed by atoms with E-state index in [2.05, 4.69) is 20.6 Å². The standard InChI is InChI=1S/C18H17FN4O2/c1-12-22-16(9-17(23-12)20-11-14-6-4-8-25-14)18(24)21-10-13-5-2-3-7-15(13)19/h2-9H,10-11H2,1H3,(H,21,24)(H,20,22,23). The Balaban J connectivity index is 1.66. The SMILES string of the molecule is Cc1nc(NCc2ccco2)cc(C(=O)NCc2ccccc2F)n1. The van der Waals surface area contributed by atoms with Crippen molar-refractivity contribution in [1.29, 1.82) is 0 Å². The lowest BCUT2D eigenvalue weighted by Crippen LogP contribution is -2.25. The number of nitrogens with zero attached hydrogens (tertiary/aromatic N) is 2. The molecule has 0 aliphatic carbocycles. The van der Waals surface area contributed by atoms with E-state index in [9.17, 15) is 9.18 Å². The summed E-state index contributed by atoms with van der Waals surface area (Å²) in [4.78, 5) is 20.7. The molecule has 2 aromatic heterocycles. The van der Waals surface area contributed by atoms with E-state index < -0.39 is 5.91 Å². The number of carbonyl (C=O) groups excluding carboxylic acids is 1. The molecule has 7 heteroatoms. The van der Waals surface area contributed by atoms with Crippen LogP contribution in [0, 0.1) is 12.7 Å². The average molecular weight is 340 g/mol. The summed E-state index contributed by atoms with van der Waals surface area (Å²) >= 11 is 0. The first kappa shape index (κ1) is 16.6. The zero-order valence-corrected chi connectivity index (χ0v) is 13.6. The molecule has 0 atom stereocenters. The fourth-order valence-corrected chi connectivity index (χ4v) is 2.27. The third-order valence-corrected chi connectivity index (χ3v) is 3.49. The largest absolute Gasteiger partial charge is 0.467 e. The van der Waals surface area contributed by atoms with Gasteiger partial charge in [0.2, 0.25) is 0 Å². The van der Waals surface area contributed by atoms with Crippen LogP contribution in [0.5, 0.6) is 0 Å². The van der Waals surface area contributed by atoms with Crippen LogP contribution in [-0.2, 0) is 13.1 Å². The Labute approximate surface area is 144 Å². The van der Waals surface area contributed by atoms with E-state index in [4.69, 9.17) is 4.42 Å². The van der Waals surface area contributed by atoms with Crippen LogP contribution in [0.1, 0.15) is 27.6 Å². The molecule has 3 aromatic rings. The molecule has 0 spiro atoms. The van der Waals surface area contributed by atoms with Crippen molar-refractivity contribution in [3.8, 4) is 0 Å². The van der Waals surface area contributed by atoms with Gasteiger partial charge < -0.3 is 15.1 Å². The fourth-order valence-electron chi connectivity index (χ4n) is 2.27. The minimum atomic E-state index is -0.394. The number of hydrogen-bond acceptors (Lipinski definition) is 5. The summed E-state index contributed by atoms with van der Waals surface area (Å²) in [6, 6.07) is 11.5. The Morgan fingerprint density at radius 3 is 2.76 bits per heavy atom. The normalized spacial score (nSPS) is 10.5. The molecule has 2 N–H and O–H groups in total. The third-order valence-electron chi connectivity index (χ3n) is 3.49. The maximum absolute atomic E-state index is 13.6. The van der Waals surface area contributed by atoms with Crippen molar-refractivity contribution >= 4 is 11.7 Å². The van der Waals surface area contributed by atoms with Gasteiger partial charge in [-0.15, -0.1) is 0 Å². The maximum Gasteiger partial charge on any atom is 0.270 e. The van der Waals surface area contributed by atoms with Crippen molar-refractivity contribution in [2.45, 2.75) is 20.0 Å². The highest BCUT2D eigenvalue weighted by Crippen LogP contribution is 2.10. The van der Waals surface area contributed by atoms with E-state index in [0.717, 1.165) is 5.76 Å². The van der Waals surface area contributed by atoms with Gasteiger partial charge in [0.25, 0.3) is 5.91 Å². The summed E-state index contributed by atoms with van der Waals surface area (Å²) in [5.41, 5.74) is 0.628. The molecule has 0 aliphatic rings. The molecule has 0 unspecified atom stereocenters. The maximum atomic E-state index is 13.6. The topological polar surface area (TPSA) is 80.0 Å². The molecule has 2 heterocycles. The molecule has 0 bridgehead atoms. The minimum absolute atomic E-state index is 0.0870. The monoisotopic (exact) mass is 340 g/mol. The van der Waals surface area contributed by atoms with Gasteiger partial charge in [0.1, 0.15) is 28.9 Å². The summed E-state index contributed by atoms with van der Waals surface area (Å²) < 4.78 is 18.9. The first-order valence-corrected chi connectivity index (χ1v) is 7.75. The molecule has 0 aliphatic heterocycles. The summed E-state index contributed by atoms with van der Waals surface area (Å²) in [6.07, 6.45) is 1.59. The van der Waals surface area contributed by atoms with E-state index in [-0.39, 0.29) is 18.1 Å². The molecule has 0 radical (unpaired) electrons. The number of amides is 1. The lowest BCUT2D eigenvalue weighted by atomic mass is 10.2. The van der Waals surface area contributed by atoms with Gasteiger partial charge in [0.15, 0.2) is 0 Å². The highest BCUT2D eigenvalue weighted by molar-refractivity contribution is 5.92. The zero-order chi connectivity index (χ0) is 17.6. The number of furan rings is 1. The molecule has 6 nitrogen and oxygen atoms in total. The summed E-state index contributed by atoms with van der Waals surface area (Å²) in [6.45, 7) is 2.23. The number of rotatable bonds is 6. The van der Waals surface area contributed by atoms with Gasteiger partial charge >= 0.3 is 0 Å². The first-order valence-electron chi connectivity index (χ1n) is 7.75. The smallest absolute Gasteiger partial charge is 0.270 e. The minimum Gasteiger partial charge on any atom is -0.467 e. The van der Waals surface area contributed by atoms with Gasteiger partial charge in [0.05, 0.1) is 12.8 Å². The lowest BCUT2D eigenvalue weighted by Gasteiger charge is -2.09. The molecule has 0 saturated carbocycles. The van der Waals surface area contributed by atoms with E-state index in [1.165, 1.54) is 6.07 Å². The number of carbonyl (C=O) groups is 1. The number of nitrogens with one attached hydrogen (secondary N) is 2. The molecule has 25 heavy (non-hydrogen) atoms. The number of benzene rings is 1. The van der Waals surface area contributed by atoms with Gasteiger partial charge in [-0.2, -0.15) is 0 Å². The Morgan fingerprint density at radius 1 is 1.16 bits per heavy atom. The van der Waals surface area contributed by atoms with Crippen molar-refractivity contribution in [3.63, 3.8) is 0 Å². The van der Waals surface area contributed by atoms with Crippen LogP contribution in [0.2, 0.25) is 0 Å². The molecule has 0 saturated heterocycles. The van der Waals surface area contributed by atoms with E-state index in [1.54, 1.807) is 43.5 Å². The molecule has 1 amide bonds. The van der Waals surface area contributed by atoms with Crippen molar-refractivity contribution in [2.75, 3.05) is 5.32 Å². The van der Waals surface area contributed by atoms with Gasteiger partial charge in [-0.3, -0.25) is 4.79 Å². The molecule has 1 aromatic carbocycles. The van der Waals surface area contributed by atoms with Crippen LogP contribution in [0.25, 0.3) is 0 Å². The fraction of sp³-hybridized carbons (Fsp3) is 0.167. The summed E-state index contributed by atoms with van der Waals surface area (Å²) in [7, 11) is 0. The molecule has 3 rings (SSSR count). The average Bonchev–Trinajstić information content (AvgIpc) is 3.12. The van der Waals surface area contributed by atoms with Gasteiger partial charge in [0, 0.05) is 18.2 Å². The molecule has 0 fully saturated rings. The molecular weight excluding hydrogens is 323 g/mol. The Morgan fingerprint density at radius 2 is 2.00 bits per heavy atom. The first-order chi connectivity index (χ1) is 12.1. The van der Waals surface area contributed by atoms with Crippen LogP contribution in [0.3, 0.4) is 0 Å². The number of aromatic nitrogens is 2. The summed E-state index contributed by atoms with van der Waals surface area (Å²) in [5.74, 6) is 0.972. The van der Waals surface area contributed by atoms with Crippen LogP contribution < -0.4 is 10.6 Å². The third kappa shape index (κ3) is 4.41. The second-order valence-electron chi connectivity index (χ2n) is 5.39. The van der Waals surface area contributed by atoms with Crippen molar-refractivity contribution in [2.24, 2.45) is 0 Å². The van der Waals surface area contributed by atoms with E-state index in [0.29, 0.717) is 23.8 Å². The Bertz CT molecular complexity index is 865. The summed E-state index contributed by atoms with van der Waals surface area (Å²) in [5, 5.41) is 5.75. The van der Waals surface area contributed by atoms with Crippen LogP contribution in [-0.4, -0.2) is 15.9 Å². The molecular formula is C18H17FN4O2. The quantitative estimate of drug-likeness (QED) is 0.721. The number of anilines is 1. The number of hydrogen-bond donors (Lipinski definition) is 2. The van der Waals surface area contributed by atoms with Crippen LogP contribution in [0.4, 0.5) is 10.2 Å². The van der Waals surface area contributed by atoms with Crippen LogP contribution >= 0.6 is 0 Å². The second-order valence-corrected chi connectivity index (χ2v) is 5.39. The molecule has 128 valence electrons. The highest BCUT2D eigenvalue weighted by Gasteiger charge is 2.11. The van der Waals surface area contributed by atoms with Crippen molar-refractivity contribution in [3.05, 3.63) is 77.4 Å². The van der Waals surface area contributed by atoms with Gasteiger partial charge in [-0.1, -0.05) is 18.2 Å². The number of halogens is 1. The Kier molecular flexibility index (Phi) is 5.03. The van der Waals surface area contributed by atoms with Crippen molar-refractivity contribution < 1.29 is 13.6 Å². The van der Waals surface area contributed by atoms with Gasteiger partial charge in [-0.05, 0) is 25.1 Å². The zero-order valence-electron chi connectivity index (χ0n) is 13.6. The van der Waals surface area contributed by atoms with E-state index in [1.807, 2.05) is 6.07 Å². The van der Waals surface area contributed by atoms with Crippen molar-refractivity contribution in [1.82, 2.24) is 15.3 Å². The Hall–Kier alpha value is -3.22. The van der Waals surface area contributed by atoms with Crippen LogP contribution in [0.15, 0.2) is 53.1 Å². The van der Waals surface area contributed by atoms with Gasteiger partial charge in [-0.25, -0.2) is 14.4 Å². The van der Waals surface area contributed by atoms with E-state index >= 15 is 0 Å². The predicted octanol–water partition coefficient (Wildman–Crippen LogP) is 3.06. The second kappa shape index (κ2) is 7.57.